The number of rotatable bonds is 14. The summed E-state index contributed by atoms with van der Waals surface area (Å²) in [6.07, 6.45) is 22.7. The molecule has 1 N–H and O–H groups in total. The molecule has 0 aromatic carbocycles. The summed E-state index contributed by atoms with van der Waals surface area (Å²) in [5.74, 6) is 1.26. The lowest BCUT2D eigenvalue weighted by Gasteiger charge is -1.90. The van der Waals surface area contributed by atoms with Crippen LogP contribution in [0.3, 0.4) is 0 Å². The Balaban J connectivity index is 1.97. The standard InChI is InChI=1S/C20H30O3/c1-2-3-4-5-6-7-8-9-10-11-12-13-15-18-19(23-18)16-14-17-20(21)22/h6-7,9-10,12-13H,2-5,8,11,14-17H2,1H3,(H,21,22)/b7-6-,10-9-,13-12-. The first-order chi connectivity index (χ1) is 11.2. The number of carboxylic acid groups (broad SMARTS) is 1. The van der Waals surface area contributed by atoms with Gasteiger partial charge in [0.15, 0.2) is 0 Å². The highest BCUT2D eigenvalue weighted by atomic mass is 16.6. The van der Waals surface area contributed by atoms with E-state index in [1.165, 1.54) is 25.7 Å². The second-order valence-electron chi connectivity index (χ2n) is 5.78. The van der Waals surface area contributed by atoms with Gasteiger partial charge in [-0.25, -0.2) is 0 Å². The van der Waals surface area contributed by atoms with Gasteiger partial charge in [-0.2, -0.15) is 0 Å². The van der Waals surface area contributed by atoms with Crippen LogP contribution < -0.4 is 0 Å². The van der Waals surface area contributed by atoms with Gasteiger partial charge < -0.3 is 9.84 Å². The summed E-state index contributed by atoms with van der Waals surface area (Å²) in [5.41, 5.74) is 0. The van der Waals surface area contributed by atoms with Crippen LogP contribution in [0.4, 0.5) is 0 Å². The highest BCUT2D eigenvalue weighted by molar-refractivity contribution is 5.66. The lowest BCUT2D eigenvalue weighted by atomic mass is 10.2. The van der Waals surface area contributed by atoms with Gasteiger partial charge in [-0.1, -0.05) is 56.2 Å². The molecule has 0 saturated carbocycles. The lowest BCUT2D eigenvalue weighted by molar-refractivity contribution is -0.137. The van der Waals surface area contributed by atoms with Crippen molar-refractivity contribution in [2.75, 3.05) is 0 Å². The number of hydrogen-bond acceptors (Lipinski definition) is 2. The van der Waals surface area contributed by atoms with E-state index in [0.717, 1.165) is 37.2 Å². The Labute approximate surface area is 140 Å². The quantitative estimate of drug-likeness (QED) is 0.320. The van der Waals surface area contributed by atoms with Gasteiger partial charge in [0, 0.05) is 19.3 Å². The van der Waals surface area contributed by atoms with Crippen LogP contribution >= 0.6 is 0 Å². The summed E-state index contributed by atoms with van der Waals surface area (Å²) in [6.45, 7) is 2.23. The summed E-state index contributed by atoms with van der Waals surface area (Å²) in [6, 6.07) is 0. The second kappa shape index (κ2) is 12.7. The topological polar surface area (TPSA) is 49.8 Å². The maximum absolute atomic E-state index is 10.4. The number of carboxylic acids is 1. The summed E-state index contributed by atoms with van der Waals surface area (Å²) >= 11 is 0. The Morgan fingerprint density at radius 1 is 0.957 bits per heavy atom. The first kappa shape index (κ1) is 19.3. The molecule has 0 unspecified atom stereocenters. The molecule has 1 aliphatic heterocycles. The zero-order chi connectivity index (χ0) is 16.8. The van der Waals surface area contributed by atoms with Crippen molar-refractivity contribution < 1.29 is 14.6 Å². The molecule has 23 heavy (non-hydrogen) atoms. The molecule has 0 aromatic rings. The molecule has 3 heteroatoms. The third-order valence-electron chi connectivity index (χ3n) is 3.63. The Morgan fingerprint density at radius 3 is 2.35 bits per heavy atom. The van der Waals surface area contributed by atoms with E-state index in [4.69, 9.17) is 9.84 Å². The highest BCUT2D eigenvalue weighted by Crippen LogP contribution is 2.33. The van der Waals surface area contributed by atoms with Gasteiger partial charge in [-0.05, 0) is 32.1 Å². The maximum atomic E-state index is 10.4. The van der Waals surface area contributed by atoms with Crippen molar-refractivity contribution in [3.8, 4) is 0 Å². The third-order valence-corrected chi connectivity index (χ3v) is 3.63. The van der Waals surface area contributed by atoms with Crippen molar-refractivity contribution in [1.29, 1.82) is 0 Å². The predicted octanol–water partition coefficient (Wildman–Crippen LogP) is 5.90. The number of unbranched alkanes of at least 4 members (excludes halogenated alkanes) is 3. The molecule has 0 atom stereocenters. The predicted molar refractivity (Wildman–Crippen MR) is 95.0 cm³/mol. The highest BCUT2D eigenvalue weighted by Gasteiger charge is 2.22. The first-order valence-corrected chi connectivity index (χ1v) is 8.80. The minimum Gasteiger partial charge on any atom is -0.481 e. The molecule has 0 saturated heterocycles. The van der Waals surface area contributed by atoms with E-state index in [1.54, 1.807) is 0 Å². The van der Waals surface area contributed by atoms with Crippen LogP contribution in [0, 0.1) is 0 Å². The Morgan fingerprint density at radius 2 is 1.65 bits per heavy atom. The molecular weight excluding hydrogens is 288 g/mol. The molecule has 0 bridgehead atoms. The van der Waals surface area contributed by atoms with Crippen LogP contribution in [0.5, 0.6) is 0 Å². The summed E-state index contributed by atoms with van der Waals surface area (Å²) in [7, 11) is 0. The third kappa shape index (κ3) is 11.5. The van der Waals surface area contributed by atoms with E-state index < -0.39 is 5.97 Å². The minimum absolute atomic E-state index is 0.216. The zero-order valence-electron chi connectivity index (χ0n) is 14.3. The first-order valence-electron chi connectivity index (χ1n) is 8.80. The van der Waals surface area contributed by atoms with Gasteiger partial charge in [-0.3, -0.25) is 4.79 Å². The van der Waals surface area contributed by atoms with Crippen LogP contribution in [0.15, 0.2) is 48.0 Å². The lowest BCUT2D eigenvalue weighted by Crippen LogP contribution is -1.92. The van der Waals surface area contributed by atoms with E-state index in [0.29, 0.717) is 6.42 Å². The number of allylic oxidation sites excluding steroid dienone is 7. The van der Waals surface area contributed by atoms with E-state index in [-0.39, 0.29) is 6.42 Å². The molecular formula is C20H30O3. The minimum atomic E-state index is -0.740. The van der Waals surface area contributed by atoms with Crippen molar-refractivity contribution in [2.24, 2.45) is 0 Å². The second-order valence-corrected chi connectivity index (χ2v) is 5.78. The smallest absolute Gasteiger partial charge is 0.303 e. The molecule has 3 nitrogen and oxygen atoms in total. The number of aliphatic carboxylic acids is 1. The van der Waals surface area contributed by atoms with Crippen molar-refractivity contribution in [3.05, 3.63) is 48.0 Å². The van der Waals surface area contributed by atoms with Gasteiger partial charge in [0.1, 0.15) is 11.5 Å². The van der Waals surface area contributed by atoms with Crippen molar-refractivity contribution >= 4 is 5.97 Å². The Bertz CT molecular complexity index is 456. The summed E-state index contributed by atoms with van der Waals surface area (Å²) < 4.78 is 5.36. The van der Waals surface area contributed by atoms with Gasteiger partial charge in [0.2, 0.25) is 0 Å². The van der Waals surface area contributed by atoms with E-state index in [1.807, 2.05) is 0 Å². The van der Waals surface area contributed by atoms with Crippen molar-refractivity contribution in [3.63, 3.8) is 0 Å². The van der Waals surface area contributed by atoms with Crippen LogP contribution in [0.2, 0.25) is 0 Å². The van der Waals surface area contributed by atoms with Crippen LogP contribution in [-0.2, 0) is 9.53 Å². The maximum Gasteiger partial charge on any atom is 0.303 e. The molecule has 1 aliphatic rings. The fourth-order valence-corrected chi connectivity index (χ4v) is 2.23. The van der Waals surface area contributed by atoms with Crippen LogP contribution in [0.1, 0.15) is 71.1 Å². The SMILES string of the molecule is CCCCC/C=C\C/C=C\C/C=C\CC1=C(CCCC(=O)O)O1. The van der Waals surface area contributed by atoms with Crippen LogP contribution in [-0.4, -0.2) is 11.1 Å². The monoisotopic (exact) mass is 318 g/mol. The van der Waals surface area contributed by atoms with Gasteiger partial charge in [0.05, 0.1) is 0 Å². The Hall–Kier alpha value is -1.77. The van der Waals surface area contributed by atoms with Gasteiger partial charge in [-0.15, -0.1) is 0 Å². The molecule has 128 valence electrons. The van der Waals surface area contributed by atoms with Gasteiger partial charge >= 0.3 is 5.97 Å². The molecule has 0 radical (unpaired) electrons. The molecule has 0 fully saturated rings. The molecule has 1 rings (SSSR count). The van der Waals surface area contributed by atoms with E-state index in [9.17, 15) is 4.79 Å². The fraction of sp³-hybridized carbons (Fsp3) is 0.550. The number of hydrogen-bond donors (Lipinski definition) is 1. The zero-order valence-corrected chi connectivity index (χ0v) is 14.3. The Kier molecular flexibility index (Phi) is 10.7. The van der Waals surface area contributed by atoms with Gasteiger partial charge in [0.25, 0.3) is 0 Å². The molecule has 0 amide bonds. The fourth-order valence-electron chi connectivity index (χ4n) is 2.23. The van der Waals surface area contributed by atoms with Crippen molar-refractivity contribution in [2.45, 2.75) is 71.1 Å². The average Bonchev–Trinajstić information content (AvgIpc) is 3.26. The molecule has 0 spiro atoms. The average molecular weight is 318 g/mol. The largest absolute Gasteiger partial charge is 0.481 e. The molecule has 0 aliphatic carbocycles. The number of carbonyl (C=O) groups is 1. The molecule has 1 heterocycles. The normalized spacial score (nSPS) is 14.3. The summed E-state index contributed by atoms with van der Waals surface area (Å²) in [4.78, 5) is 10.4. The van der Waals surface area contributed by atoms with E-state index >= 15 is 0 Å². The van der Waals surface area contributed by atoms with E-state index in [2.05, 4.69) is 43.4 Å². The van der Waals surface area contributed by atoms with Crippen LogP contribution in [0.25, 0.3) is 0 Å². The molecule has 0 aromatic heterocycles. The van der Waals surface area contributed by atoms with Crippen molar-refractivity contribution in [1.82, 2.24) is 0 Å². The summed E-state index contributed by atoms with van der Waals surface area (Å²) in [5, 5.41) is 8.56. The number of ether oxygens (including phenoxy) is 1.